The maximum absolute atomic E-state index is 13.5. The fourth-order valence-corrected chi connectivity index (χ4v) is 3.06. The number of anilines is 1. The lowest BCUT2D eigenvalue weighted by Crippen LogP contribution is -2.07. The van der Waals surface area contributed by atoms with E-state index >= 15 is 0 Å². The van der Waals surface area contributed by atoms with Crippen LogP contribution in [0.25, 0.3) is 0 Å². The highest BCUT2D eigenvalue weighted by Crippen LogP contribution is 2.20. The second kappa shape index (κ2) is 4.97. The quantitative estimate of drug-likeness (QED) is 0.695. The Bertz CT molecular complexity index is 697. The van der Waals surface area contributed by atoms with Crippen molar-refractivity contribution in [2.75, 3.05) is 5.73 Å². The number of nitrogens with two attached hydrogens (primary N) is 1. The van der Waals surface area contributed by atoms with Crippen LogP contribution in [-0.4, -0.2) is 8.42 Å². The first-order chi connectivity index (χ1) is 8.88. The molecular formula is C13H11F2NO2S. The van der Waals surface area contributed by atoms with Crippen LogP contribution in [0.1, 0.15) is 5.56 Å². The molecule has 0 spiro atoms. The molecule has 0 amide bonds. The summed E-state index contributed by atoms with van der Waals surface area (Å²) < 4.78 is 50.3. The Morgan fingerprint density at radius 3 is 2.21 bits per heavy atom. The molecule has 0 aliphatic heterocycles. The first kappa shape index (κ1) is 13.5. The summed E-state index contributed by atoms with van der Waals surface area (Å²) in [6.07, 6.45) is 0. The Balaban J connectivity index is 2.35. The molecule has 2 aromatic carbocycles. The first-order valence-corrected chi connectivity index (χ1v) is 7.06. The van der Waals surface area contributed by atoms with Crippen molar-refractivity contribution in [3.63, 3.8) is 0 Å². The Labute approximate surface area is 109 Å². The van der Waals surface area contributed by atoms with E-state index < -0.39 is 26.4 Å². The van der Waals surface area contributed by atoms with Crippen LogP contribution in [0.5, 0.6) is 0 Å². The van der Waals surface area contributed by atoms with E-state index in [1.54, 1.807) is 24.3 Å². The Morgan fingerprint density at radius 2 is 1.63 bits per heavy atom. The van der Waals surface area contributed by atoms with Crippen LogP contribution in [0.3, 0.4) is 0 Å². The fourth-order valence-electron chi connectivity index (χ4n) is 1.64. The van der Waals surface area contributed by atoms with Gasteiger partial charge in [-0.3, -0.25) is 0 Å². The molecule has 100 valence electrons. The highest BCUT2D eigenvalue weighted by molar-refractivity contribution is 7.90. The molecule has 0 saturated heterocycles. The third-order valence-corrected chi connectivity index (χ3v) is 4.28. The van der Waals surface area contributed by atoms with Crippen molar-refractivity contribution >= 4 is 15.5 Å². The maximum Gasteiger partial charge on any atom is 0.185 e. The molecule has 0 aromatic heterocycles. The normalized spacial score (nSPS) is 11.5. The van der Waals surface area contributed by atoms with Crippen LogP contribution in [0.2, 0.25) is 0 Å². The summed E-state index contributed by atoms with van der Waals surface area (Å²) >= 11 is 0. The minimum Gasteiger partial charge on any atom is -0.399 e. The van der Waals surface area contributed by atoms with Crippen molar-refractivity contribution in [1.82, 2.24) is 0 Å². The lowest BCUT2D eigenvalue weighted by Gasteiger charge is -2.06. The number of sulfone groups is 1. The van der Waals surface area contributed by atoms with Crippen LogP contribution < -0.4 is 5.73 Å². The van der Waals surface area contributed by atoms with E-state index in [-0.39, 0.29) is 5.75 Å². The smallest absolute Gasteiger partial charge is 0.185 e. The molecule has 0 unspecified atom stereocenters. The lowest BCUT2D eigenvalue weighted by atomic mass is 10.2. The molecule has 2 aromatic rings. The number of benzene rings is 2. The number of hydrogen-bond donors (Lipinski definition) is 1. The summed E-state index contributed by atoms with van der Waals surface area (Å²) in [6.45, 7) is 0. The molecule has 0 heterocycles. The van der Waals surface area contributed by atoms with Gasteiger partial charge in [-0.1, -0.05) is 12.1 Å². The largest absolute Gasteiger partial charge is 0.399 e. The van der Waals surface area contributed by atoms with Gasteiger partial charge in [-0.2, -0.15) is 0 Å². The standard InChI is InChI=1S/C13H11F2NO2S/c14-10-3-6-13(12(15)7-10)19(17,18)8-9-1-4-11(16)5-2-9/h1-7H,8,16H2. The van der Waals surface area contributed by atoms with Gasteiger partial charge in [0.1, 0.15) is 16.5 Å². The molecule has 6 heteroatoms. The summed E-state index contributed by atoms with van der Waals surface area (Å²) in [7, 11) is -3.86. The van der Waals surface area contributed by atoms with Gasteiger partial charge >= 0.3 is 0 Å². The van der Waals surface area contributed by atoms with Crippen molar-refractivity contribution in [3.05, 3.63) is 59.7 Å². The van der Waals surface area contributed by atoms with Crippen molar-refractivity contribution in [3.8, 4) is 0 Å². The molecule has 2 N–H and O–H groups in total. The van der Waals surface area contributed by atoms with Crippen LogP contribution in [-0.2, 0) is 15.6 Å². The molecule has 0 bridgehead atoms. The van der Waals surface area contributed by atoms with Crippen molar-refractivity contribution in [2.24, 2.45) is 0 Å². The number of rotatable bonds is 3. The highest BCUT2D eigenvalue weighted by Gasteiger charge is 2.20. The second-order valence-electron chi connectivity index (χ2n) is 4.08. The molecule has 0 aliphatic rings. The van der Waals surface area contributed by atoms with E-state index in [0.717, 1.165) is 12.1 Å². The van der Waals surface area contributed by atoms with Gasteiger partial charge in [-0.25, -0.2) is 17.2 Å². The van der Waals surface area contributed by atoms with Gasteiger partial charge in [0.25, 0.3) is 0 Å². The SMILES string of the molecule is Nc1ccc(CS(=O)(=O)c2ccc(F)cc2F)cc1. The predicted octanol–water partition coefficient (Wildman–Crippen LogP) is 2.52. The zero-order valence-corrected chi connectivity index (χ0v) is 10.6. The van der Waals surface area contributed by atoms with Gasteiger partial charge in [-0.05, 0) is 29.8 Å². The Hall–Kier alpha value is -1.95. The topological polar surface area (TPSA) is 60.2 Å². The van der Waals surface area contributed by atoms with E-state index in [0.29, 0.717) is 17.3 Å². The van der Waals surface area contributed by atoms with Crippen molar-refractivity contribution in [1.29, 1.82) is 0 Å². The lowest BCUT2D eigenvalue weighted by molar-refractivity contribution is 0.549. The van der Waals surface area contributed by atoms with Gasteiger partial charge in [0, 0.05) is 11.8 Å². The average Bonchev–Trinajstić information content (AvgIpc) is 2.31. The van der Waals surface area contributed by atoms with Crippen LogP contribution in [0, 0.1) is 11.6 Å². The zero-order chi connectivity index (χ0) is 14.0. The summed E-state index contributed by atoms with van der Waals surface area (Å²) in [5.41, 5.74) is 6.48. The first-order valence-electron chi connectivity index (χ1n) is 5.41. The van der Waals surface area contributed by atoms with Gasteiger partial charge in [0.05, 0.1) is 5.75 Å². The van der Waals surface area contributed by atoms with Gasteiger partial charge in [-0.15, -0.1) is 0 Å². The van der Waals surface area contributed by atoms with E-state index in [4.69, 9.17) is 5.73 Å². The minimum absolute atomic E-state index is 0.365. The third kappa shape index (κ3) is 3.08. The molecule has 0 fully saturated rings. The molecule has 0 aliphatic carbocycles. The third-order valence-electron chi connectivity index (χ3n) is 2.57. The van der Waals surface area contributed by atoms with Crippen LogP contribution >= 0.6 is 0 Å². The van der Waals surface area contributed by atoms with E-state index in [1.165, 1.54) is 0 Å². The maximum atomic E-state index is 13.5. The van der Waals surface area contributed by atoms with Crippen molar-refractivity contribution < 1.29 is 17.2 Å². The second-order valence-corrected chi connectivity index (χ2v) is 6.03. The van der Waals surface area contributed by atoms with E-state index in [9.17, 15) is 17.2 Å². The number of hydrogen-bond acceptors (Lipinski definition) is 3. The Kier molecular flexibility index (Phi) is 3.53. The van der Waals surface area contributed by atoms with Gasteiger partial charge < -0.3 is 5.73 Å². The van der Waals surface area contributed by atoms with E-state index in [1.807, 2.05) is 0 Å². The molecule has 3 nitrogen and oxygen atoms in total. The average molecular weight is 283 g/mol. The molecule has 2 rings (SSSR count). The fraction of sp³-hybridized carbons (Fsp3) is 0.0769. The van der Waals surface area contributed by atoms with E-state index in [2.05, 4.69) is 0 Å². The predicted molar refractivity (Wildman–Crippen MR) is 68.1 cm³/mol. The van der Waals surface area contributed by atoms with Crippen LogP contribution in [0.15, 0.2) is 47.4 Å². The van der Waals surface area contributed by atoms with Gasteiger partial charge in [0.2, 0.25) is 0 Å². The van der Waals surface area contributed by atoms with Gasteiger partial charge in [0.15, 0.2) is 9.84 Å². The Morgan fingerprint density at radius 1 is 1.00 bits per heavy atom. The summed E-state index contributed by atoms with van der Waals surface area (Å²) in [6, 6.07) is 8.62. The molecule has 0 saturated carbocycles. The molecule has 0 radical (unpaired) electrons. The minimum atomic E-state index is -3.86. The molecular weight excluding hydrogens is 272 g/mol. The molecule has 0 atom stereocenters. The highest BCUT2D eigenvalue weighted by atomic mass is 32.2. The van der Waals surface area contributed by atoms with Crippen molar-refractivity contribution in [2.45, 2.75) is 10.6 Å². The number of halogens is 2. The van der Waals surface area contributed by atoms with Crippen LogP contribution in [0.4, 0.5) is 14.5 Å². The molecule has 19 heavy (non-hydrogen) atoms. The monoisotopic (exact) mass is 283 g/mol. The summed E-state index contributed by atoms with van der Waals surface area (Å²) in [5, 5.41) is 0. The number of nitrogen functional groups attached to an aromatic ring is 1. The summed E-state index contributed by atoms with van der Waals surface area (Å²) in [5.74, 6) is -2.27. The zero-order valence-electron chi connectivity index (χ0n) is 9.81. The summed E-state index contributed by atoms with van der Waals surface area (Å²) in [4.78, 5) is -0.509.